The second-order valence-corrected chi connectivity index (χ2v) is 6.35. The quantitative estimate of drug-likeness (QED) is 0.924. The molecule has 0 unspecified atom stereocenters. The summed E-state index contributed by atoms with van der Waals surface area (Å²) in [5.74, 6) is 0.730. The van der Waals surface area contributed by atoms with Crippen molar-refractivity contribution in [3.8, 4) is 0 Å². The summed E-state index contributed by atoms with van der Waals surface area (Å²) in [7, 11) is 1.72. The van der Waals surface area contributed by atoms with Crippen molar-refractivity contribution in [1.29, 1.82) is 0 Å². The van der Waals surface area contributed by atoms with Gasteiger partial charge in [0.15, 0.2) is 0 Å². The minimum Gasteiger partial charge on any atom is -0.361 e. The molecule has 1 N–H and O–H groups in total. The molecule has 0 aliphatic carbocycles. The maximum absolute atomic E-state index is 12.4. The second-order valence-electron chi connectivity index (χ2n) is 6.35. The number of rotatable bonds is 4. The summed E-state index contributed by atoms with van der Waals surface area (Å²) in [6, 6.07) is 9.07. The Hall–Kier alpha value is -2.83. The van der Waals surface area contributed by atoms with Gasteiger partial charge in [0.2, 0.25) is 5.91 Å². The number of carbonyl (C=O) groups excluding carboxylic acids is 2. The predicted molar refractivity (Wildman–Crippen MR) is 93.2 cm³/mol. The zero-order valence-electron chi connectivity index (χ0n) is 14.7. The summed E-state index contributed by atoms with van der Waals surface area (Å²) in [4.78, 5) is 27.9. The van der Waals surface area contributed by atoms with E-state index >= 15 is 0 Å². The van der Waals surface area contributed by atoms with Crippen LogP contribution < -0.4 is 10.2 Å². The molecule has 2 aromatic rings. The molecular weight excluding hydrogens is 320 g/mol. The summed E-state index contributed by atoms with van der Waals surface area (Å²) in [5.41, 5.74) is 2.54. The van der Waals surface area contributed by atoms with E-state index in [-0.39, 0.29) is 18.0 Å². The van der Waals surface area contributed by atoms with Gasteiger partial charge in [-0.1, -0.05) is 23.4 Å². The molecule has 2 heterocycles. The van der Waals surface area contributed by atoms with Crippen LogP contribution in [-0.4, -0.2) is 41.6 Å². The number of amides is 3. The topological polar surface area (TPSA) is 78.7 Å². The molecule has 0 spiro atoms. The van der Waals surface area contributed by atoms with Gasteiger partial charge in [0.05, 0.1) is 18.3 Å². The van der Waals surface area contributed by atoms with Gasteiger partial charge in [-0.15, -0.1) is 0 Å². The number of benzene rings is 1. The fourth-order valence-electron chi connectivity index (χ4n) is 2.98. The van der Waals surface area contributed by atoms with E-state index in [1.165, 1.54) is 0 Å². The summed E-state index contributed by atoms with van der Waals surface area (Å²) >= 11 is 0. The van der Waals surface area contributed by atoms with Gasteiger partial charge in [0, 0.05) is 31.3 Å². The molecule has 1 fully saturated rings. The van der Waals surface area contributed by atoms with Gasteiger partial charge >= 0.3 is 6.03 Å². The zero-order valence-corrected chi connectivity index (χ0v) is 14.7. The molecule has 7 heteroatoms. The molecule has 1 saturated heterocycles. The third-order valence-corrected chi connectivity index (χ3v) is 4.44. The molecule has 7 nitrogen and oxygen atoms in total. The number of para-hydroxylation sites is 1. The molecule has 1 aromatic heterocycles. The molecule has 1 aliphatic rings. The van der Waals surface area contributed by atoms with E-state index in [0.717, 1.165) is 16.9 Å². The molecule has 0 radical (unpaired) electrons. The van der Waals surface area contributed by atoms with Gasteiger partial charge in [0.25, 0.3) is 0 Å². The lowest BCUT2D eigenvalue weighted by Gasteiger charge is -2.21. The zero-order chi connectivity index (χ0) is 18.0. The summed E-state index contributed by atoms with van der Waals surface area (Å²) < 4.78 is 5.13. The van der Waals surface area contributed by atoms with Crippen LogP contribution in [0.5, 0.6) is 0 Å². The van der Waals surface area contributed by atoms with Gasteiger partial charge in [-0.05, 0) is 26.0 Å². The van der Waals surface area contributed by atoms with E-state index in [0.29, 0.717) is 25.3 Å². The van der Waals surface area contributed by atoms with Crippen LogP contribution >= 0.6 is 0 Å². The number of carbonyl (C=O) groups is 2. The Labute approximate surface area is 146 Å². The van der Waals surface area contributed by atoms with Crippen molar-refractivity contribution >= 4 is 17.6 Å². The highest BCUT2D eigenvalue weighted by molar-refractivity contribution is 5.96. The average molecular weight is 342 g/mol. The first-order chi connectivity index (χ1) is 12.0. The Morgan fingerprint density at radius 1 is 1.36 bits per heavy atom. The van der Waals surface area contributed by atoms with Crippen molar-refractivity contribution < 1.29 is 14.1 Å². The van der Waals surface area contributed by atoms with Crippen molar-refractivity contribution in [3.63, 3.8) is 0 Å². The van der Waals surface area contributed by atoms with Crippen LogP contribution in [0.2, 0.25) is 0 Å². The highest BCUT2D eigenvalue weighted by Gasteiger charge is 2.32. The van der Waals surface area contributed by atoms with Crippen molar-refractivity contribution in [3.05, 3.63) is 47.3 Å². The smallest absolute Gasteiger partial charge is 0.317 e. The molecule has 0 bridgehead atoms. The van der Waals surface area contributed by atoms with E-state index < -0.39 is 0 Å². The van der Waals surface area contributed by atoms with Gasteiger partial charge < -0.3 is 19.6 Å². The number of aromatic nitrogens is 1. The van der Waals surface area contributed by atoms with E-state index in [9.17, 15) is 9.59 Å². The Morgan fingerprint density at radius 3 is 2.72 bits per heavy atom. The highest BCUT2D eigenvalue weighted by Crippen LogP contribution is 2.21. The lowest BCUT2D eigenvalue weighted by atomic mass is 10.2. The van der Waals surface area contributed by atoms with Crippen LogP contribution in [0.3, 0.4) is 0 Å². The Bertz CT molecular complexity index is 752. The average Bonchev–Trinajstić information content (AvgIpc) is 3.12. The first-order valence-electron chi connectivity index (χ1n) is 8.24. The minimum absolute atomic E-state index is 0.0184. The number of anilines is 1. The van der Waals surface area contributed by atoms with E-state index in [1.54, 1.807) is 16.8 Å². The number of nitrogens with one attached hydrogen (secondary N) is 1. The normalized spacial score (nSPS) is 17.0. The van der Waals surface area contributed by atoms with Crippen molar-refractivity contribution in [1.82, 2.24) is 15.4 Å². The van der Waals surface area contributed by atoms with Gasteiger partial charge in [-0.25, -0.2) is 4.79 Å². The molecule has 1 aromatic carbocycles. The lowest BCUT2D eigenvalue weighted by Crippen LogP contribution is -2.44. The Kier molecular flexibility index (Phi) is 4.74. The number of aryl methyl sites for hydroxylation is 2. The fraction of sp³-hybridized carbons (Fsp3) is 0.389. The monoisotopic (exact) mass is 342 g/mol. The van der Waals surface area contributed by atoms with Crippen LogP contribution in [-0.2, 0) is 11.3 Å². The maximum Gasteiger partial charge on any atom is 0.317 e. The van der Waals surface area contributed by atoms with Crippen molar-refractivity contribution in [2.24, 2.45) is 0 Å². The van der Waals surface area contributed by atoms with Crippen molar-refractivity contribution in [2.45, 2.75) is 32.9 Å². The largest absolute Gasteiger partial charge is 0.361 e. The molecule has 132 valence electrons. The summed E-state index contributed by atoms with van der Waals surface area (Å²) in [6.45, 7) is 4.57. The molecule has 1 aliphatic heterocycles. The van der Waals surface area contributed by atoms with E-state index in [1.807, 2.05) is 44.2 Å². The number of hydrogen-bond donors (Lipinski definition) is 1. The number of hydrogen-bond acceptors (Lipinski definition) is 4. The van der Waals surface area contributed by atoms with Crippen LogP contribution in [0, 0.1) is 13.8 Å². The molecule has 3 rings (SSSR count). The SMILES string of the molecule is Cc1noc(C)c1CN(C)C(=O)N[C@@H]1CC(=O)N(c2ccccc2)C1. The van der Waals surface area contributed by atoms with Crippen molar-refractivity contribution in [2.75, 3.05) is 18.5 Å². The van der Waals surface area contributed by atoms with Crippen LogP contribution in [0.15, 0.2) is 34.9 Å². The van der Waals surface area contributed by atoms with Gasteiger partial charge in [-0.3, -0.25) is 4.79 Å². The van der Waals surface area contributed by atoms with Crippen LogP contribution in [0.25, 0.3) is 0 Å². The maximum atomic E-state index is 12.4. The summed E-state index contributed by atoms with van der Waals surface area (Å²) in [5, 5.41) is 6.83. The number of nitrogens with zero attached hydrogens (tertiary/aromatic N) is 3. The van der Waals surface area contributed by atoms with Crippen LogP contribution in [0.1, 0.15) is 23.4 Å². The molecule has 25 heavy (non-hydrogen) atoms. The predicted octanol–water partition coefficient (Wildman–Crippen LogP) is 2.24. The fourth-order valence-corrected chi connectivity index (χ4v) is 2.98. The van der Waals surface area contributed by atoms with E-state index in [2.05, 4.69) is 10.5 Å². The van der Waals surface area contributed by atoms with Gasteiger partial charge in [0.1, 0.15) is 5.76 Å². The third-order valence-electron chi connectivity index (χ3n) is 4.44. The third kappa shape index (κ3) is 3.65. The number of urea groups is 1. The highest BCUT2D eigenvalue weighted by atomic mass is 16.5. The Morgan fingerprint density at radius 2 is 2.08 bits per heavy atom. The van der Waals surface area contributed by atoms with E-state index in [4.69, 9.17) is 4.52 Å². The molecule has 0 saturated carbocycles. The van der Waals surface area contributed by atoms with Crippen LogP contribution in [0.4, 0.5) is 10.5 Å². The minimum atomic E-state index is -0.215. The summed E-state index contributed by atoms with van der Waals surface area (Å²) in [6.07, 6.45) is 0.305. The molecule has 1 atom stereocenters. The lowest BCUT2D eigenvalue weighted by molar-refractivity contribution is -0.117. The first-order valence-corrected chi connectivity index (χ1v) is 8.24. The molecular formula is C18H22N4O3. The van der Waals surface area contributed by atoms with Gasteiger partial charge in [-0.2, -0.15) is 0 Å². The first kappa shape index (κ1) is 17.0. The standard InChI is InChI=1S/C18H22N4O3/c1-12-16(13(2)25-20-12)11-21(3)18(24)19-14-9-17(23)22(10-14)15-7-5-4-6-8-15/h4-8,14H,9-11H2,1-3H3,(H,19,24)/t14-/m1/s1. The second kappa shape index (κ2) is 6.96. The molecule has 3 amide bonds. The Balaban J connectivity index is 1.59.